The van der Waals surface area contributed by atoms with Crippen molar-refractivity contribution in [3.05, 3.63) is 34.6 Å². The van der Waals surface area contributed by atoms with Gasteiger partial charge in [-0.2, -0.15) is 0 Å². The molecule has 0 aliphatic carbocycles. The molecule has 0 aromatic heterocycles. The fourth-order valence-electron chi connectivity index (χ4n) is 1.98. The third-order valence-electron chi connectivity index (χ3n) is 3.16. The monoisotopic (exact) mass is 239 g/mol. The molecule has 2 atom stereocenters. The third-order valence-corrected chi connectivity index (χ3v) is 3.16. The van der Waals surface area contributed by atoms with E-state index in [0.717, 1.165) is 12.0 Å². The lowest BCUT2D eigenvalue weighted by Crippen LogP contribution is -2.34. The molecule has 96 valence electrons. The SMILES string of the molecule is CCC(CO)NC(C)c1cc(C)c(F)c(C)c1. The molecular formula is C14H22FNO. The van der Waals surface area contributed by atoms with Crippen LogP contribution in [0.3, 0.4) is 0 Å². The van der Waals surface area contributed by atoms with Gasteiger partial charge in [0.2, 0.25) is 0 Å². The Kier molecular flexibility index (Phi) is 5.09. The minimum atomic E-state index is -0.129. The van der Waals surface area contributed by atoms with E-state index in [2.05, 4.69) is 5.32 Å². The molecule has 0 radical (unpaired) electrons. The quantitative estimate of drug-likeness (QED) is 0.828. The maximum atomic E-state index is 13.5. The molecule has 3 heteroatoms. The van der Waals surface area contributed by atoms with Crippen LogP contribution in [-0.2, 0) is 0 Å². The molecule has 0 aliphatic rings. The Bertz CT molecular complexity index is 351. The van der Waals surface area contributed by atoms with E-state index in [4.69, 9.17) is 5.11 Å². The molecule has 2 nitrogen and oxygen atoms in total. The average Bonchev–Trinajstić information content (AvgIpc) is 2.31. The van der Waals surface area contributed by atoms with Crippen LogP contribution in [-0.4, -0.2) is 17.8 Å². The molecule has 0 heterocycles. The van der Waals surface area contributed by atoms with Crippen LogP contribution < -0.4 is 5.32 Å². The van der Waals surface area contributed by atoms with Crippen molar-refractivity contribution >= 4 is 0 Å². The van der Waals surface area contributed by atoms with E-state index >= 15 is 0 Å². The normalized spacial score (nSPS) is 14.7. The summed E-state index contributed by atoms with van der Waals surface area (Å²) in [5, 5.41) is 12.5. The van der Waals surface area contributed by atoms with Crippen molar-refractivity contribution in [1.29, 1.82) is 0 Å². The fraction of sp³-hybridized carbons (Fsp3) is 0.571. The predicted octanol–water partition coefficient (Wildman–Crippen LogP) is 2.86. The second kappa shape index (κ2) is 6.12. The number of nitrogens with one attached hydrogen (secondary N) is 1. The van der Waals surface area contributed by atoms with Crippen molar-refractivity contribution in [1.82, 2.24) is 5.32 Å². The van der Waals surface area contributed by atoms with Gasteiger partial charge < -0.3 is 10.4 Å². The smallest absolute Gasteiger partial charge is 0.129 e. The van der Waals surface area contributed by atoms with Crippen molar-refractivity contribution in [2.24, 2.45) is 0 Å². The van der Waals surface area contributed by atoms with Crippen molar-refractivity contribution < 1.29 is 9.50 Å². The molecule has 0 saturated carbocycles. The first-order chi connectivity index (χ1) is 7.99. The van der Waals surface area contributed by atoms with Gasteiger partial charge in [-0.1, -0.05) is 19.1 Å². The molecule has 1 aromatic rings. The molecule has 0 aliphatic heterocycles. The van der Waals surface area contributed by atoms with Gasteiger partial charge in [-0.3, -0.25) is 0 Å². The lowest BCUT2D eigenvalue weighted by molar-refractivity contribution is 0.230. The van der Waals surface area contributed by atoms with Gasteiger partial charge in [-0.05, 0) is 43.9 Å². The van der Waals surface area contributed by atoms with Crippen molar-refractivity contribution in [3.63, 3.8) is 0 Å². The topological polar surface area (TPSA) is 32.3 Å². The highest BCUT2D eigenvalue weighted by atomic mass is 19.1. The minimum absolute atomic E-state index is 0.0932. The van der Waals surface area contributed by atoms with Crippen LogP contribution in [0.25, 0.3) is 0 Å². The van der Waals surface area contributed by atoms with Crippen molar-refractivity contribution in [2.75, 3.05) is 6.61 Å². The Morgan fingerprint density at radius 1 is 1.29 bits per heavy atom. The maximum Gasteiger partial charge on any atom is 0.129 e. The van der Waals surface area contributed by atoms with Gasteiger partial charge in [0.25, 0.3) is 0 Å². The fourth-order valence-corrected chi connectivity index (χ4v) is 1.98. The number of halogens is 1. The molecule has 0 spiro atoms. The predicted molar refractivity (Wildman–Crippen MR) is 68.6 cm³/mol. The Morgan fingerprint density at radius 2 is 1.82 bits per heavy atom. The van der Waals surface area contributed by atoms with Gasteiger partial charge in [0.05, 0.1) is 6.61 Å². The number of hydrogen-bond acceptors (Lipinski definition) is 2. The molecule has 0 fully saturated rings. The maximum absolute atomic E-state index is 13.5. The highest BCUT2D eigenvalue weighted by Crippen LogP contribution is 2.20. The Morgan fingerprint density at radius 3 is 2.24 bits per heavy atom. The molecular weight excluding hydrogens is 217 g/mol. The van der Waals surface area contributed by atoms with Gasteiger partial charge >= 0.3 is 0 Å². The van der Waals surface area contributed by atoms with Gasteiger partial charge in [0, 0.05) is 12.1 Å². The number of benzene rings is 1. The molecule has 0 saturated heterocycles. The lowest BCUT2D eigenvalue weighted by atomic mass is 10.0. The molecule has 2 N–H and O–H groups in total. The minimum Gasteiger partial charge on any atom is -0.395 e. The molecule has 17 heavy (non-hydrogen) atoms. The molecule has 1 rings (SSSR count). The van der Waals surface area contributed by atoms with Gasteiger partial charge in [-0.15, -0.1) is 0 Å². The van der Waals surface area contributed by atoms with Crippen LogP contribution in [0.5, 0.6) is 0 Å². The Labute approximate surface area is 103 Å². The average molecular weight is 239 g/mol. The van der Waals surface area contributed by atoms with E-state index in [-0.39, 0.29) is 24.5 Å². The second-order valence-electron chi connectivity index (χ2n) is 4.64. The number of aryl methyl sites for hydroxylation is 2. The number of rotatable bonds is 5. The highest BCUT2D eigenvalue weighted by molar-refractivity contribution is 5.32. The summed E-state index contributed by atoms with van der Waals surface area (Å²) in [6, 6.07) is 3.94. The second-order valence-corrected chi connectivity index (χ2v) is 4.64. The zero-order valence-electron chi connectivity index (χ0n) is 11.0. The van der Waals surface area contributed by atoms with Gasteiger partial charge in [0.1, 0.15) is 5.82 Å². The zero-order chi connectivity index (χ0) is 13.0. The summed E-state index contributed by atoms with van der Waals surface area (Å²) >= 11 is 0. The summed E-state index contributed by atoms with van der Waals surface area (Å²) in [4.78, 5) is 0. The van der Waals surface area contributed by atoms with E-state index in [0.29, 0.717) is 11.1 Å². The van der Waals surface area contributed by atoms with Crippen LogP contribution in [0.2, 0.25) is 0 Å². The molecule has 2 unspecified atom stereocenters. The van der Waals surface area contributed by atoms with E-state index in [1.165, 1.54) is 0 Å². The van der Waals surface area contributed by atoms with Crippen LogP contribution in [0.4, 0.5) is 4.39 Å². The Hall–Kier alpha value is -0.930. The van der Waals surface area contributed by atoms with Crippen LogP contribution in [0.1, 0.15) is 43.0 Å². The third kappa shape index (κ3) is 3.51. The van der Waals surface area contributed by atoms with Gasteiger partial charge in [-0.25, -0.2) is 4.39 Å². The zero-order valence-corrected chi connectivity index (χ0v) is 11.0. The number of aliphatic hydroxyl groups is 1. The van der Waals surface area contributed by atoms with Gasteiger partial charge in [0.15, 0.2) is 0 Å². The summed E-state index contributed by atoms with van der Waals surface area (Å²) in [6.45, 7) is 7.75. The molecule has 0 amide bonds. The van der Waals surface area contributed by atoms with E-state index in [9.17, 15) is 4.39 Å². The summed E-state index contributed by atoms with van der Waals surface area (Å²) < 4.78 is 13.5. The van der Waals surface area contributed by atoms with E-state index < -0.39 is 0 Å². The first kappa shape index (κ1) is 14.1. The summed E-state index contributed by atoms with van der Waals surface area (Å²) in [7, 11) is 0. The van der Waals surface area contributed by atoms with Crippen LogP contribution in [0, 0.1) is 19.7 Å². The van der Waals surface area contributed by atoms with Crippen LogP contribution >= 0.6 is 0 Å². The first-order valence-electron chi connectivity index (χ1n) is 6.13. The van der Waals surface area contributed by atoms with Crippen molar-refractivity contribution in [3.8, 4) is 0 Å². The van der Waals surface area contributed by atoms with E-state index in [1.807, 2.05) is 26.0 Å². The lowest BCUT2D eigenvalue weighted by Gasteiger charge is -2.21. The standard InChI is InChI=1S/C14H22FNO/c1-5-13(8-17)16-11(4)12-6-9(2)14(15)10(3)7-12/h6-7,11,13,16-17H,5,8H2,1-4H3. The first-order valence-corrected chi connectivity index (χ1v) is 6.13. The van der Waals surface area contributed by atoms with Crippen LogP contribution in [0.15, 0.2) is 12.1 Å². The number of aliphatic hydroxyl groups excluding tert-OH is 1. The summed E-state index contributed by atoms with van der Waals surface area (Å²) in [6.07, 6.45) is 0.875. The van der Waals surface area contributed by atoms with E-state index in [1.54, 1.807) is 13.8 Å². The molecule has 1 aromatic carbocycles. The van der Waals surface area contributed by atoms with Crippen molar-refractivity contribution in [2.45, 2.75) is 46.2 Å². The Balaban J connectivity index is 2.85. The molecule has 0 bridgehead atoms. The highest BCUT2D eigenvalue weighted by Gasteiger charge is 2.13. The number of hydrogen-bond donors (Lipinski definition) is 2. The largest absolute Gasteiger partial charge is 0.395 e. The summed E-state index contributed by atoms with van der Waals surface area (Å²) in [5.41, 5.74) is 2.41. The summed E-state index contributed by atoms with van der Waals surface area (Å²) in [5.74, 6) is -0.129.